The first-order valence-corrected chi connectivity index (χ1v) is 7.48. The maximum atomic E-state index is 13.2. The van der Waals surface area contributed by atoms with Gasteiger partial charge < -0.3 is 4.90 Å². The Kier molecular flexibility index (Phi) is 5.35. The molecule has 2 nitrogen and oxygen atoms in total. The van der Waals surface area contributed by atoms with Crippen LogP contribution in [0, 0.1) is 11.6 Å². The average molecular weight is 302 g/mol. The van der Waals surface area contributed by atoms with Crippen LogP contribution in [0.3, 0.4) is 0 Å². The van der Waals surface area contributed by atoms with Crippen LogP contribution in [-0.4, -0.2) is 29.3 Å². The zero-order chi connectivity index (χ0) is 14.5. The predicted molar refractivity (Wildman–Crippen MR) is 75.0 cm³/mol. The van der Waals surface area contributed by atoms with E-state index in [1.807, 2.05) is 0 Å². The van der Waals surface area contributed by atoms with Crippen molar-refractivity contribution in [3.8, 4) is 0 Å². The van der Waals surface area contributed by atoms with Crippen LogP contribution in [0.5, 0.6) is 0 Å². The fraction of sp³-hybridized carbons (Fsp3) is 0.533. The summed E-state index contributed by atoms with van der Waals surface area (Å²) < 4.78 is 26.5. The van der Waals surface area contributed by atoms with E-state index < -0.39 is 11.6 Å². The summed E-state index contributed by atoms with van der Waals surface area (Å²) in [5, 5.41) is 0. The second kappa shape index (κ2) is 7.02. The predicted octanol–water partition coefficient (Wildman–Crippen LogP) is 3.98. The third-order valence-corrected chi connectivity index (χ3v) is 3.88. The molecule has 0 N–H and O–H groups in total. The molecule has 0 heterocycles. The lowest BCUT2D eigenvalue weighted by Crippen LogP contribution is -2.42. The van der Waals surface area contributed by atoms with Gasteiger partial charge in [0.1, 0.15) is 11.6 Å². The second-order valence-electron chi connectivity index (χ2n) is 5.14. The van der Waals surface area contributed by atoms with Crippen molar-refractivity contribution < 1.29 is 13.6 Å². The Morgan fingerprint density at radius 3 is 2.30 bits per heavy atom. The molecule has 0 bridgehead atoms. The van der Waals surface area contributed by atoms with Crippen molar-refractivity contribution in [2.45, 2.75) is 38.1 Å². The molecule has 0 saturated heterocycles. The van der Waals surface area contributed by atoms with Gasteiger partial charge in [0, 0.05) is 30.1 Å². The largest absolute Gasteiger partial charge is 0.334 e. The van der Waals surface area contributed by atoms with Crippen molar-refractivity contribution in [1.82, 2.24) is 4.90 Å². The summed E-state index contributed by atoms with van der Waals surface area (Å²) in [4.78, 5) is 14.1. The molecule has 0 radical (unpaired) electrons. The number of benzene rings is 1. The van der Waals surface area contributed by atoms with Crippen LogP contribution < -0.4 is 0 Å². The molecule has 0 aliphatic heterocycles. The van der Waals surface area contributed by atoms with Gasteiger partial charge in [-0.15, -0.1) is 11.6 Å². The van der Waals surface area contributed by atoms with Crippen LogP contribution in [0.4, 0.5) is 8.78 Å². The molecule has 5 heteroatoms. The normalized spacial score (nSPS) is 16.1. The van der Waals surface area contributed by atoms with Gasteiger partial charge in [-0.3, -0.25) is 4.79 Å². The Balaban J connectivity index is 2.20. The van der Waals surface area contributed by atoms with E-state index in [-0.39, 0.29) is 17.5 Å². The average Bonchev–Trinajstić information content (AvgIpc) is 2.44. The Labute approximate surface area is 122 Å². The molecule has 1 fully saturated rings. The molecule has 0 atom stereocenters. The molecule has 0 spiro atoms. The van der Waals surface area contributed by atoms with Gasteiger partial charge in [0.05, 0.1) is 0 Å². The van der Waals surface area contributed by atoms with Gasteiger partial charge in [0.25, 0.3) is 5.91 Å². The number of carbonyl (C=O) groups is 1. The zero-order valence-electron chi connectivity index (χ0n) is 11.2. The van der Waals surface area contributed by atoms with E-state index >= 15 is 0 Å². The van der Waals surface area contributed by atoms with Gasteiger partial charge in [0.2, 0.25) is 0 Å². The Morgan fingerprint density at radius 1 is 1.15 bits per heavy atom. The highest BCUT2D eigenvalue weighted by atomic mass is 35.5. The van der Waals surface area contributed by atoms with Crippen LogP contribution in [0.15, 0.2) is 18.2 Å². The number of hydrogen-bond donors (Lipinski definition) is 0. The quantitative estimate of drug-likeness (QED) is 0.770. The van der Waals surface area contributed by atoms with Crippen molar-refractivity contribution in [2.75, 3.05) is 12.4 Å². The molecule has 1 aliphatic rings. The van der Waals surface area contributed by atoms with Crippen molar-refractivity contribution in [2.24, 2.45) is 0 Å². The maximum absolute atomic E-state index is 13.2. The standard InChI is InChI=1S/C15H18ClF2NO/c16-6-7-19(14-4-2-1-3-5-14)15(20)11-8-12(17)10-13(18)9-11/h8-10,14H,1-7H2. The maximum Gasteiger partial charge on any atom is 0.254 e. The summed E-state index contributed by atoms with van der Waals surface area (Å²) in [7, 11) is 0. The third kappa shape index (κ3) is 3.69. The topological polar surface area (TPSA) is 20.3 Å². The first kappa shape index (κ1) is 15.2. The van der Waals surface area contributed by atoms with E-state index in [0.717, 1.165) is 43.9 Å². The summed E-state index contributed by atoms with van der Waals surface area (Å²) >= 11 is 5.77. The highest BCUT2D eigenvalue weighted by molar-refractivity contribution is 6.18. The first-order chi connectivity index (χ1) is 9.61. The Morgan fingerprint density at radius 2 is 1.75 bits per heavy atom. The molecule has 1 aliphatic carbocycles. The molecule has 1 aromatic rings. The van der Waals surface area contributed by atoms with E-state index in [0.29, 0.717) is 12.4 Å². The zero-order valence-corrected chi connectivity index (χ0v) is 12.0. The fourth-order valence-corrected chi connectivity index (χ4v) is 2.96. The minimum Gasteiger partial charge on any atom is -0.334 e. The van der Waals surface area contributed by atoms with Gasteiger partial charge >= 0.3 is 0 Å². The molecule has 1 aromatic carbocycles. The summed E-state index contributed by atoms with van der Waals surface area (Å²) in [6.07, 6.45) is 5.19. The van der Waals surface area contributed by atoms with Crippen molar-refractivity contribution in [1.29, 1.82) is 0 Å². The molecule has 20 heavy (non-hydrogen) atoms. The first-order valence-electron chi connectivity index (χ1n) is 6.95. The molecule has 2 rings (SSSR count). The highest BCUT2D eigenvalue weighted by Crippen LogP contribution is 2.24. The number of nitrogens with zero attached hydrogens (tertiary/aromatic N) is 1. The molecule has 110 valence electrons. The molecule has 0 unspecified atom stereocenters. The highest BCUT2D eigenvalue weighted by Gasteiger charge is 2.26. The molecule has 0 aromatic heterocycles. The van der Waals surface area contributed by atoms with E-state index in [9.17, 15) is 13.6 Å². The van der Waals surface area contributed by atoms with Crippen molar-refractivity contribution in [3.63, 3.8) is 0 Å². The molecular weight excluding hydrogens is 284 g/mol. The van der Waals surface area contributed by atoms with Gasteiger partial charge in [-0.05, 0) is 25.0 Å². The summed E-state index contributed by atoms with van der Waals surface area (Å²) in [6.45, 7) is 0.406. The number of halogens is 3. The third-order valence-electron chi connectivity index (χ3n) is 3.71. The number of carbonyl (C=O) groups excluding carboxylic acids is 1. The van der Waals surface area contributed by atoms with Gasteiger partial charge in [-0.2, -0.15) is 0 Å². The monoisotopic (exact) mass is 301 g/mol. The van der Waals surface area contributed by atoms with Crippen molar-refractivity contribution >= 4 is 17.5 Å². The van der Waals surface area contributed by atoms with Gasteiger partial charge in [-0.1, -0.05) is 19.3 Å². The van der Waals surface area contributed by atoms with E-state index in [4.69, 9.17) is 11.6 Å². The lowest BCUT2D eigenvalue weighted by atomic mass is 9.93. The summed E-state index contributed by atoms with van der Waals surface area (Å²) in [5.74, 6) is -1.48. The number of hydrogen-bond acceptors (Lipinski definition) is 1. The van der Waals surface area contributed by atoms with E-state index in [1.54, 1.807) is 4.90 Å². The van der Waals surface area contributed by atoms with Crippen LogP contribution in [0.2, 0.25) is 0 Å². The van der Waals surface area contributed by atoms with Crippen LogP contribution in [-0.2, 0) is 0 Å². The van der Waals surface area contributed by atoms with Crippen LogP contribution in [0.1, 0.15) is 42.5 Å². The lowest BCUT2D eigenvalue weighted by molar-refractivity contribution is 0.0648. The summed E-state index contributed by atoms with van der Waals surface area (Å²) in [5.41, 5.74) is 0.0539. The van der Waals surface area contributed by atoms with Crippen molar-refractivity contribution in [3.05, 3.63) is 35.4 Å². The number of rotatable bonds is 4. The number of alkyl halides is 1. The SMILES string of the molecule is O=C(c1cc(F)cc(F)c1)N(CCCl)C1CCCCC1. The number of amides is 1. The minimum atomic E-state index is -0.734. The lowest BCUT2D eigenvalue weighted by Gasteiger charge is -2.34. The van der Waals surface area contributed by atoms with Crippen LogP contribution in [0.25, 0.3) is 0 Å². The summed E-state index contributed by atoms with van der Waals surface area (Å²) in [6, 6.07) is 3.05. The molecule has 1 amide bonds. The van der Waals surface area contributed by atoms with E-state index in [1.165, 1.54) is 6.42 Å². The van der Waals surface area contributed by atoms with Crippen LogP contribution >= 0.6 is 11.6 Å². The van der Waals surface area contributed by atoms with E-state index in [2.05, 4.69) is 0 Å². The fourth-order valence-electron chi connectivity index (χ4n) is 2.78. The molecular formula is C15H18ClF2NO. The smallest absolute Gasteiger partial charge is 0.254 e. The van der Waals surface area contributed by atoms with Gasteiger partial charge in [0.15, 0.2) is 0 Å². The Bertz CT molecular complexity index is 455. The Hall–Kier alpha value is -1.16. The van der Waals surface area contributed by atoms with Gasteiger partial charge in [-0.25, -0.2) is 8.78 Å². The molecule has 1 saturated carbocycles. The second-order valence-corrected chi connectivity index (χ2v) is 5.52. The minimum absolute atomic E-state index is 0.0539.